The average molecular weight is 218 g/mol. The van der Waals surface area contributed by atoms with Crippen LogP contribution in [0, 0.1) is 13.8 Å². The Hall–Kier alpha value is -1.51. The molecular formula is C13H18N2O. The number of benzene rings is 1. The Balaban J connectivity index is 2.38. The molecule has 1 aromatic carbocycles. The van der Waals surface area contributed by atoms with Crippen molar-refractivity contribution >= 4 is 6.03 Å². The lowest BCUT2D eigenvalue weighted by molar-refractivity contribution is 0.201. The third kappa shape index (κ3) is 1.66. The summed E-state index contributed by atoms with van der Waals surface area (Å²) in [7, 11) is 3.72. The molecule has 0 bridgehead atoms. The van der Waals surface area contributed by atoms with Gasteiger partial charge in [-0.25, -0.2) is 4.79 Å². The van der Waals surface area contributed by atoms with Gasteiger partial charge in [-0.3, -0.25) is 0 Å². The number of amides is 2. The van der Waals surface area contributed by atoms with Crippen molar-refractivity contribution in [1.82, 2.24) is 9.80 Å². The zero-order chi connectivity index (χ0) is 11.9. The maximum atomic E-state index is 11.7. The van der Waals surface area contributed by atoms with Gasteiger partial charge in [0.25, 0.3) is 0 Å². The summed E-state index contributed by atoms with van der Waals surface area (Å²) in [6.07, 6.45) is 0. The predicted octanol–water partition coefficient (Wildman–Crippen LogP) is 2.34. The number of nitrogens with zero attached hydrogens (tertiary/aromatic N) is 2. The van der Waals surface area contributed by atoms with Crippen LogP contribution >= 0.6 is 0 Å². The highest BCUT2D eigenvalue weighted by atomic mass is 16.2. The van der Waals surface area contributed by atoms with E-state index in [1.165, 1.54) is 16.7 Å². The molecule has 3 heteroatoms. The minimum absolute atomic E-state index is 0.103. The fourth-order valence-electron chi connectivity index (χ4n) is 2.29. The van der Waals surface area contributed by atoms with Crippen LogP contribution in [0.5, 0.6) is 0 Å². The van der Waals surface area contributed by atoms with E-state index in [1.807, 2.05) is 19.0 Å². The van der Waals surface area contributed by atoms with E-state index in [4.69, 9.17) is 0 Å². The Labute approximate surface area is 96.7 Å². The van der Waals surface area contributed by atoms with Gasteiger partial charge in [-0.1, -0.05) is 23.8 Å². The van der Waals surface area contributed by atoms with Crippen molar-refractivity contribution < 1.29 is 4.79 Å². The summed E-state index contributed by atoms with van der Waals surface area (Å²) in [6, 6.07) is 6.71. The number of carbonyl (C=O) groups excluding carboxylic acids is 1. The van der Waals surface area contributed by atoms with E-state index in [0.717, 1.165) is 6.54 Å². The molecule has 1 aromatic rings. The lowest BCUT2D eigenvalue weighted by atomic mass is 9.99. The van der Waals surface area contributed by atoms with E-state index >= 15 is 0 Å². The van der Waals surface area contributed by atoms with Crippen molar-refractivity contribution in [1.29, 1.82) is 0 Å². The summed E-state index contributed by atoms with van der Waals surface area (Å²) >= 11 is 0. The normalized spacial score (nSPS) is 20.8. The topological polar surface area (TPSA) is 23.6 Å². The largest absolute Gasteiger partial charge is 0.325 e. The molecule has 16 heavy (non-hydrogen) atoms. The van der Waals surface area contributed by atoms with Crippen LogP contribution in [0.1, 0.15) is 22.7 Å². The monoisotopic (exact) mass is 218 g/mol. The second kappa shape index (κ2) is 3.81. The fraction of sp³-hybridized carbons (Fsp3) is 0.462. The molecule has 3 nitrogen and oxygen atoms in total. The summed E-state index contributed by atoms with van der Waals surface area (Å²) in [5, 5.41) is 0. The average Bonchev–Trinajstić information content (AvgIpc) is 2.50. The lowest BCUT2D eigenvalue weighted by Crippen LogP contribution is -2.26. The number of rotatable bonds is 1. The molecule has 1 aliphatic rings. The Morgan fingerprint density at radius 1 is 1.25 bits per heavy atom. The minimum Gasteiger partial charge on any atom is -0.325 e. The molecule has 1 fully saturated rings. The van der Waals surface area contributed by atoms with Crippen molar-refractivity contribution in [3.63, 3.8) is 0 Å². The van der Waals surface area contributed by atoms with Crippen LogP contribution in [-0.2, 0) is 0 Å². The molecule has 0 saturated carbocycles. The number of urea groups is 1. The Morgan fingerprint density at radius 3 is 2.50 bits per heavy atom. The van der Waals surface area contributed by atoms with E-state index in [0.29, 0.717) is 0 Å². The summed E-state index contributed by atoms with van der Waals surface area (Å²) in [4.78, 5) is 15.3. The molecule has 1 heterocycles. The van der Waals surface area contributed by atoms with Crippen LogP contribution in [0.15, 0.2) is 18.2 Å². The number of carbonyl (C=O) groups is 1. The molecule has 0 radical (unpaired) electrons. The van der Waals surface area contributed by atoms with Crippen LogP contribution in [0.4, 0.5) is 4.79 Å². The molecule has 1 unspecified atom stereocenters. The van der Waals surface area contributed by atoms with Crippen molar-refractivity contribution in [2.45, 2.75) is 19.9 Å². The fourth-order valence-corrected chi connectivity index (χ4v) is 2.29. The standard InChI is InChI=1S/C13H18N2O/c1-9-5-6-10(2)11(7-9)12-8-14(3)13(16)15(12)4/h5-7,12H,8H2,1-4H3. The first-order valence-electron chi connectivity index (χ1n) is 5.56. The molecular weight excluding hydrogens is 200 g/mol. The van der Waals surface area contributed by atoms with Gasteiger partial charge in [0.2, 0.25) is 0 Å². The van der Waals surface area contributed by atoms with Gasteiger partial charge in [0.1, 0.15) is 0 Å². The van der Waals surface area contributed by atoms with Gasteiger partial charge in [0, 0.05) is 20.6 Å². The van der Waals surface area contributed by atoms with Crippen LogP contribution in [0.2, 0.25) is 0 Å². The molecule has 0 spiro atoms. The molecule has 0 N–H and O–H groups in total. The predicted molar refractivity (Wildman–Crippen MR) is 64.4 cm³/mol. The summed E-state index contributed by atoms with van der Waals surface area (Å²) in [6.45, 7) is 4.97. The summed E-state index contributed by atoms with van der Waals surface area (Å²) in [5.74, 6) is 0. The maximum absolute atomic E-state index is 11.7. The second-order valence-electron chi connectivity index (χ2n) is 4.65. The third-order valence-electron chi connectivity index (χ3n) is 3.34. The quantitative estimate of drug-likeness (QED) is 0.709. The SMILES string of the molecule is Cc1ccc(C)c(C2CN(C)C(=O)N2C)c1. The molecule has 2 rings (SSSR count). The highest BCUT2D eigenvalue weighted by molar-refractivity contribution is 5.77. The molecule has 86 valence electrons. The lowest BCUT2D eigenvalue weighted by Gasteiger charge is -2.20. The van der Waals surface area contributed by atoms with Gasteiger partial charge in [-0.05, 0) is 25.0 Å². The maximum Gasteiger partial charge on any atom is 0.320 e. The first-order chi connectivity index (χ1) is 7.50. The van der Waals surface area contributed by atoms with Gasteiger partial charge < -0.3 is 9.80 Å². The molecule has 2 amide bonds. The third-order valence-corrected chi connectivity index (χ3v) is 3.34. The highest BCUT2D eigenvalue weighted by Gasteiger charge is 2.33. The Bertz CT molecular complexity index is 428. The van der Waals surface area contributed by atoms with Gasteiger partial charge >= 0.3 is 6.03 Å². The molecule has 1 saturated heterocycles. The Kier molecular flexibility index (Phi) is 2.62. The van der Waals surface area contributed by atoms with Gasteiger partial charge in [-0.2, -0.15) is 0 Å². The van der Waals surface area contributed by atoms with Crippen molar-refractivity contribution in [2.24, 2.45) is 0 Å². The van der Waals surface area contributed by atoms with Crippen LogP contribution < -0.4 is 0 Å². The second-order valence-corrected chi connectivity index (χ2v) is 4.65. The van der Waals surface area contributed by atoms with Crippen molar-refractivity contribution in [2.75, 3.05) is 20.6 Å². The van der Waals surface area contributed by atoms with Gasteiger partial charge in [0.05, 0.1) is 6.04 Å². The summed E-state index contributed by atoms with van der Waals surface area (Å²) in [5.41, 5.74) is 3.77. The van der Waals surface area contributed by atoms with Crippen LogP contribution in [0.25, 0.3) is 0 Å². The molecule has 0 aliphatic carbocycles. The van der Waals surface area contributed by atoms with Crippen LogP contribution in [-0.4, -0.2) is 36.5 Å². The van der Waals surface area contributed by atoms with Crippen molar-refractivity contribution in [3.8, 4) is 0 Å². The van der Waals surface area contributed by atoms with E-state index in [-0.39, 0.29) is 12.1 Å². The smallest absolute Gasteiger partial charge is 0.320 e. The van der Waals surface area contributed by atoms with Crippen LogP contribution in [0.3, 0.4) is 0 Å². The van der Waals surface area contributed by atoms with E-state index < -0.39 is 0 Å². The minimum atomic E-state index is 0.103. The zero-order valence-corrected chi connectivity index (χ0v) is 10.3. The van der Waals surface area contributed by atoms with Crippen molar-refractivity contribution in [3.05, 3.63) is 34.9 Å². The zero-order valence-electron chi connectivity index (χ0n) is 10.3. The van der Waals surface area contributed by atoms with E-state index in [2.05, 4.69) is 32.0 Å². The molecule has 1 aliphatic heterocycles. The number of hydrogen-bond donors (Lipinski definition) is 0. The number of hydrogen-bond acceptors (Lipinski definition) is 1. The number of aryl methyl sites for hydroxylation is 2. The Morgan fingerprint density at radius 2 is 1.94 bits per heavy atom. The van der Waals surface area contributed by atoms with Gasteiger partial charge in [0.15, 0.2) is 0 Å². The highest BCUT2D eigenvalue weighted by Crippen LogP contribution is 2.29. The van der Waals surface area contributed by atoms with Gasteiger partial charge in [-0.15, -0.1) is 0 Å². The number of likely N-dealkylation sites (N-methyl/N-ethyl adjacent to an activating group) is 2. The summed E-state index contributed by atoms with van der Waals surface area (Å²) < 4.78 is 0. The van der Waals surface area contributed by atoms with E-state index in [9.17, 15) is 4.79 Å². The van der Waals surface area contributed by atoms with E-state index in [1.54, 1.807) is 4.90 Å². The molecule has 0 aromatic heterocycles. The first-order valence-corrected chi connectivity index (χ1v) is 5.56. The molecule has 1 atom stereocenters. The first kappa shape index (κ1) is 11.0.